The van der Waals surface area contributed by atoms with Crippen LogP contribution in [-0.4, -0.2) is 83.4 Å². The molecule has 0 unspecified atom stereocenters. The lowest BCUT2D eigenvalue weighted by Crippen LogP contribution is -2.52. The third-order valence-corrected chi connectivity index (χ3v) is 5.85. The Bertz CT molecular complexity index is 640. The molecule has 8 nitrogen and oxygen atoms in total. The van der Waals surface area contributed by atoms with E-state index in [0.29, 0.717) is 0 Å². The Balaban J connectivity index is 0.00000280. The molecule has 0 aromatic carbocycles. The average molecular weight is 521 g/mol. The fourth-order valence-electron chi connectivity index (χ4n) is 3.44. The molecule has 10 heteroatoms. The number of hydrogen-bond donors (Lipinski definition) is 1. The van der Waals surface area contributed by atoms with E-state index in [1.165, 1.54) is 18.0 Å². The second-order valence-electron chi connectivity index (χ2n) is 6.93. The normalized spacial score (nSPS) is 18.1. The molecule has 28 heavy (non-hydrogen) atoms. The second kappa shape index (κ2) is 11.7. The minimum absolute atomic E-state index is 0. The van der Waals surface area contributed by atoms with Crippen molar-refractivity contribution in [3.8, 4) is 0 Å². The monoisotopic (exact) mass is 521 g/mol. The molecule has 0 bridgehead atoms. The maximum Gasteiger partial charge on any atom is 0.244 e. The molecule has 2 aliphatic rings. The predicted octanol–water partition coefficient (Wildman–Crippen LogP) is 1.82. The number of anilines is 1. The van der Waals surface area contributed by atoms with Crippen molar-refractivity contribution in [3.05, 3.63) is 5.82 Å². The van der Waals surface area contributed by atoms with Crippen molar-refractivity contribution in [1.82, 2.24) is 24.5 Å². The first-order valence-electron chi connectivity index (χ1n) is 10.1. The first kappa shape index (κ1) is 23.1. The van der Waals surface area contributed by atoms with E-state index in [9.17, 15) is 4.79 Å². The molecule has 0 radical (unpaired) electrons. The Kier molecular flexibility index (Phi) is 9.69. The number of nitrogens with zero attached hydrogens (tertiary/aromatic N) is 6. The molecule has 1 aromatic heterocycles. The summed E-state index contributed by atoms with van der Waals surface area (Å²) in [7, 11) is 0. The molecule has 3 heterocycles. The van der Waals surface area contributed by atoms with Crippen LogP contribution in [0.4, 0.5) is 5.13 Å². The summed E-state index contributed by atoms with van der Waals surface area (Å²) in [5.74, 6) is 1.90. The van der Waals surface area contributed by atoms with Gasteiger partial charge < -0.3 is 20.0 Å². The number of guanidine groups is 1. The summed E-state index contributed by atoms with van der Waals surface area (Å²) >= 11 is 1.48. The van der Waals surface area contributed by atoms with E-state index in [4.69, 9.17) is 0 Å². The number of hydrogen-bond acceptors (Lipinski definition) is 6. The molecule has 158 valence electrons. The van der Waals surface area contributed by atoms with Crippen molar-refractivity contribution in [2.24, 2.45) is 4.99 Å². The van der Waals surface area contributed by atoms with Crippen LogP contribution in [0.15, 0.2) is 4.99 Å². The van der Waals surface area contributed by atoms with Crippen LogP contribution in [0.1, 0.15) is 38.9 Å². The van der Waals surface area contributed by atoms with Crippen LogP contribution in [0.5, 0.6) is 0 Å². The van der Waals surface area contributed by atoms with E-state index >= 15 is 0 Å². The molecule has 0 saturated carbocycles. The van der Waals surface area contributed by atoms with Gasteiger partial charge in [0.1, 0.15) is 12.4 Å². The van der Waals surface area contributed by atoms with Gasteiger partial charge in [0.25, 0.3) is 0 Å². The number of piperazine rings is 1. The Hall–Kier alpha value is -1.17. The van der Waals surface area contributed by atoms with E-state index < -0.39 is 0 Å². The number of halogens is 1. The Morgan fingerprint density at radius 2 is 1.79 bits per heavy atom. The van der Waals surface area contributed by atoms with Crippen molar-refractivity contribution in [2.45, 2.75) is 39.5 Å². The van der Waals surface area contributed by atoms with Gasteiger partial charge in [-0.1, -0.05) is 6.92 Å². The number of aryl methyl sites for hydroxylation is 1. The van der Waals surface area contributed by atoms with Crippen molar-refractivity contribution < 1.29 is 4.79 Å². The van der Waals surface area contributed by atoms with Gasteiger partial charge in [-0.15, -0.1) is 24.0 Å². The average Bonchev–Trinajstić information content (AvgIpc) is 3.21. The summed E-state index contributed by atoms with van der Waals surface area (Å²) in [5.41, 5.74) is 0. The number of amides is 1. The lowest BCUT2D eigenvalue weighted by atomic mass is 10.1. The fourth-order valence-corrected chi connectivity index (χ4v) is 4.24. The van der Waals surface area contributed by atoms with Gasteiger partial charge in [-0.3, -0.25) is 4.79 Å². The van der Waals surface area contributed by atoms with Gasteiger partial charge in [0.2, 0.25) is 11.0 Å². The van der Waals surface area contributed by atoms with Crippen molar-refractivity contribution >= 4 is 52.5 Å². The summed E-state index contributed by atoms with van der Waals surface area (Å²) in [6.07, 6.45) is 4.33. The molecular formula is C18H32IN7OS. The standard InChI is InChI=1S/C18H31N7OS.HI/c1-3-15-21-18(27-22-15)25-12-10-24(11-13-25)17(19-4-2)20-14-16(26)23-8-6-5-7-9-23;/h3-14H2,1-2H3,(H,19,20);1H. The quantitative estimate of drug-likeness (QED) is 0.362. The van der Waals surface area contributed by atoms with Crippen LogP contribution >= 0.6 is 35.5 Å². The topological polar surface area (TPSA) is 77.0 Å². The van der Waals surface area contributed by atoms with Crippen molar-refractivity contribution in [3.63, 3.8) is 0 Å². The summed E-state index contributed by atoms with van der Waals surface area (Å²) in [5, 5.41) is 4.35. The maximum absolute atomic E-state index is 12.4. The third-order valence-electron chi connectivity index (χ3n) is 5.03. The largest absolute Gasteiger partial charge is 0.357 e. The van der Waals surface area contributed by atoms with Crippen LogP contribution in [-0.2, 0) is 11.2 Å². The zero-order chi connectivity index (χ0) is 19.1. The highest BCUT2D eigenvalue weighted by Gasteiger charge is 2.23. The van der Waals surface area contributed by atoms with Crippen LogP contribution in [0.3, 0.4) is 0 Å². The highest BCUT2D eigenvalue weighted by Crippen LogP contribution is 2.19. The van der Waals surface area contributed by atoms with Gasteiger partial charge in [-0.2, -0.15) is 4.37 Å². The molecule has 2 fully saturated rings. The Morgan fingerprint density at radius 1 is 1.07 bits per heavy atom. The first-order valence-corrected chi connectivity index (χ1v) is 10.9. The SMILES string of the molecule is CCNC(=NCC(=O)N1CCCCC1)N1CCN(c2nc(CC)ns2)CC1.I. The van der Waals surface area contributed by atoms with Gasteiger partial charge in [0.15, 0.2) is 5.96 Å². The lowest BCUT2D eigenvalue weighted by Gasteiger charge is -2.36. The summed E-state index contributed by atoms with van der Waals surface area (Å²) in [6, 6.07) is 0. The molecule has 2 saturated heterocycles. The minimum Gasteiger partial charge on any atom is -0.357 e. The van der Waals surface area contributed by atoms with Crippen molar-refractivity contribution in [2.75, 3.05) is 57.3 Å². The summed E-state index contributed by atoms with van der Waals surface area (Å²) in [4.78, 5) is 28.1. The number of likely N-dealkylation sites (tertiary alicyclic amines) is 1. The van der Waals surface area contributed by atoms with Crippen LogP contribution < -0.4 is 10.2 Å². The van der Waals surface area contributed by atoms with E-state index in [1.807, 2.05) is 4.90 Å². The summed E-state index contributed by atoms with van der Waals surface area (Å²) < 4.78 is 4.38. The van der Waals surface area contributed by atoms with E-state index in [1.54, 1.807) is 0 Å². The highest BCUT2D eigenvalue weighted by atomic mass is 127. The zero-order valence-electron chi connectivity index (χ0n) is 16.9. The number of rotatable bonds is 5. The fraction of sp³-hybridized carbons (Fsp3) is 0.778. The Labute approximate surface area is 189 Å². The first-order chi connectivity index (χ1) is 13.2. The lowest BCUT2D eigenvalue weighted by molar-refractivity contribution is -0.130. The van der Waals surface area contributed by atoms with Gasteiger partial charge in [0, 0.05) is 63.8 Å². The predicted molar refractivity (Wildman–Crippen MR) is 125 cm³/mol. The molecule has 2 aliphatic heterocycles. The second-order valence-corrected chi connectivity index (χ2v) is 7.66. The molecule has 0 atom stereocenters. The molecule has 1 amide bonds. The van der Waals surface area contributed by atoms with Gasteiger partial charge in [-0.05, 0) is 26.2 Å². The smallest absolute Gasteiger partial charge is 0.244 e. The number of aliphatic imine (C=N–C) groups is 1. The van der Waals surface area contributed by atoms with Gasteiger partial charge in [0.05, 0.1) is 0 Å². The number of carbonyl (C=O) groups excluding carboxylic acids is 1. The third kappa shape index (κ3) is 6.16. The van der Waals surface area contributed by atoms with Gasteiger partial charge >= 0.3 is 0 Å². The summed E-state index contributed by atoms with van der Waals surface area (Å²) in [6.45, 7) is 10.4. The van der Waals surface area contributed by atoms with Crippen LogP contribution in [0, 0.1) is 0 Å². The van der Waals surface area contributed by atoms with E-state index in [2.05, 4.69) is 43.3 Å². The molecule has 0 spiro atoms. The van der Waals surface area contributed by atoms with Crippen LogP contribution in [0.25, 0.3) is 0 Å². The number of piperidine rings is 1. The molecule has 0 aliphatic carbocycles. The molecule has 1 aromatic rings. The number of carbonyl (C=O) groups is 1. The Morgan fingerprint density at radius 3 is 2.39 bits per heavy atom. The molecule has 3 rings (SSSR count). The highest BCUT2D eigenvalue weighted by molar-refractivity contribution is 14.0. The van der Waals surface area contributed by atoms with E-state index in [0.717, 1.165) is 82.0 Å². The maximum atomic E-state index is 12.4. The molecule has 1 N–H and O–H groups in total. The number of nitrogens with one attached hydrogen (secondary N) is 1. The molecular weight excluding hydrogens is 489 g/mol. The minimum atomic E-state index is 0. The van der Waals surface area contributed by atoms with Crippen molar-refractivity contribution in [1.29, 1.82) is 0 Å². The van der Waals surface area contributed by atoms with E-state index in [-0.39, 0.29) is 36.4 Å². The zero-order valence-corrected chi connectivity index (χ0v) is 20.0. The van der Waals surface area contributed by atoms with Crippen LogP contribution in [0.2, 0.25) is 0 Å². The van der Waals surface area contributed by atoms with Gasteiger partial charge in [-0.25, -0.2) is 9.98 Å². The number of aromatic nitrogens is 2.